The molecule has 0 unspecified atom stereocenters. The van der Waals surface area contributed by atoms with Gasteiger partial charge in [0.15, 0.2) is 0 Å². The van der Waals surface area contributed by atoms with Gasteiger partial charge in [-0.3, -0.25) is 14.4 Å². The Hall–Kier alpha value is -3.90. The smallest absolute Gasteiger partial charge is 0.283 e. The number of nitrogens with one attached hydrogen (secondary N) is 2. The summed E-state index contributed by atoms with van der Waals surface area (Å²) in [4.78, 5) is 39.6. The van der Waals surface area contributed by atoms with Crippen molar-refractivity contribution in [2.45, 2.75) is 20.8 Å². The molecule has 0 aromatic heterocycles. The molecule has 33 heavy (non-hydrogen) atoms. The van der Waals surface area contributed by atoms with Gasteiger partial charge in [0.25, 0.3) is 17.7 Å². The maximum atomic E-state index is 13.0. The molecule has 6 nitrogen and oxygen atoms in total. The van der Waals surface area contributed by atoms with E-state index in [1.807, 2.05) is 51.1 Å². The van der Waals surface area contributed by atoms with Crippen molar-refractivity contribution >= 4 is 46.4 Å². The number of rotatable bonds is 5. The molecule has 0 spiro atoms. The van der Waals surface area contributed by atoms with Gasteiger partial charge < -0.3 is 10.6 Å². The third-order valence-electron chi connectivity index (χ3n) is 5.56. The first-order valence-electron chi connectivity index (χ1n) is 10.4. The molecule has 0 aliphatic carbocycles. The van der Waals surface area contributed by atoms with E-state index in [4.69, 9.17) is 11.6 Å². The number of carbonyl (C=O) groups is 3. The highest BCUT2D eigenvalue weighted by atomic mass is 35.5. The molecule has 1 heterocycles. The normalized spacial score (nSPS) is 13.5. The number of aryl methyl sites for hydroxylation is 3. The van der Waals surface area contributed by atoms with Gasteiger partial charge in [-0.05, 0) is 73.9 Å². The van der Waals surface area contributed by atoms with Crippen LogP contribution in [0.4, 0.5) is 17.1 Å². The number of imide groups is 1. The van der Waals surface area contributed by atoms with Crippen molar-refractivity contribution in [3.05, 3.63) is 99.7 Å². The molecule has 3 amide bonds. The molecular weight excluding hydrogens is 438 g/mol. The molecule has 0 bridgehead atoms. The zero-order valence-corrected chi connectivity index (χ0v) is 19.2. The average molecular weight is 460 g/mol. The van der Waals surface area contributed by atoms with Crippen molar-refractivity contribution in [2.75, 3.05) is 15.5 Å². The number of hydrogen-bond acceptors (Lipinski definition) is 4. The van der Waals surface area contributed by atoms with E-state index in [0.717, 1.165) is 21.6 Å². The number of hydrogen-bond donors (Lipinski definition) is 2. The monoisotopic (exact) mass is 459 g/mol. The predicted octanol–water partition coefficient (Wildman–Crippen LogP) is 5.30. The lowest BCUT2D eigenvalue weighted by Crippen LogP contribution is -2.32. The van der Waals surface area contributed by atoms with Crippen LogP contribution in [-0.4, -0.2) is 17.7 Å². The fourth-order valence-corrected chi connectivity index (χ4v) is 3.71. The summed E-state index contributed by atoms with van der Waals surface area (Å²) in [7, 11) is 0. The summed E-state index contributed by atoms with van der Waals surface area (Å²) < 4.78 is 0. The van der Waals surface area contributed by atoms with Crippen LogP contribution < -0.4 is 15.5 Å². The summed E-state index contributed by atoms with van der Waals surface area (Å²) >= 11 is 6.24. The van der Waals surface area contributed by atoms with Crippen LogP contribution in [0.5, 0.6) is 0 Å². The Morgan fingerprint density at radius 3 is 2.30 bits per heavy atom. The molecule has 0 saturated heterocycles. The summed E-state index contributed by atoms with van der Waals surface area (Å²) in [6.07, 6.45) is 0. The summed E-state index contributed by atoms with van der Waals surface area (Å²) in [6, 6.07) is 19.4. The van der Waals surface area contributed by atoms with Gasteiger partial charge in [-0.25, -0.2) is 4.90 Å². The lowest BCUT2D eigenvalue weighted by molar-refractivity contribution is -0.120. The highest BCUT2D eigenvalue weighted by Crippen LogP contribution is 2.31. The Morgan fingerprint density at radius 1 is 0.818 bits per heavy atom. The van der Waals surface area contributed by atoms with E-state index in [-0.39, 0.29) is 16.6 Å². The molecule has 0 radical (unpaired) electrons. The van der Waals surface area contributed by atoms with Crippen LogP contribution in [0.15, 0.2) is 77.5 Å². The van der Waals surface area contributed by atoms with Crippen molar-refractivity contribution in [3.63, 3.8) is 0 Å². The number of anilines is 3. The zero-order valence-electron chi connectivity index (χ0n) is 18.4. The average Bonchev–Trinajstić information content (AvgIpc) is 3.00. The van der Waals surface area contributed by atoms with Gasteiger partial charge in [-0.2, -0.15) is 0 Å². The second kappa shape index (κ2) is 8.92. The van der Waals surface area contributed by atoms with Crippen LogP contribution in [0.1, 0.15) is 27.0 Å². The summed E-state index contributed by atoms with van der Waals surface area (Å²) in [5.74, 6) is -1.44. The molecule has 1 aliphatic heterocycles. The van der Waals surface area contributed by atoms with Crippen LogP contribution in [0.3, 0.4) is 0 Å². The first-order valence-corrected chi connectivity index (χ1v) is 10.7. The predicted molar refractivity (Wildman–Crippen MR) is 130 cm³/mol. The van der Waals surface area contributed by atoms with Crippen LogP contribution in [0.25, 0.3) is 0 Å². The van der Waals surface area contributed by atoms with Crippen molar-refractivity contribution in [3.8, 4) is 0 Å². The number of amides is 3. The molecule has 166 valence electrons. The van der Waals surface area contributed by atoms with Gasteiger partial charge in [-0.1, -0.05) is 41.9 Å². The van der Waals surface area contributed by atoms with Gasteiger partial charge in [0.05, 0.1) is 5.69 Å². The number of nitrogens with zero attached hydrogens (tertiary/aromatic N) is 1. The van der Waals surface area contributed by atoms with E-state index >= 15 is 0 Å². The minimum Gasteiger partial charge on any atom is -0.350 e. The number of halogens is 1. The highest BCUT2D eigenvalue weighted by Gasteiger charge is 2.39. The Morgan fingerprint density at radius 2 is 1.58 bits per heavy atom. The minimum atomic E-state index is -0.596. The fraction of sp³-hybridized carbons (Fsp3) is 0.115. The third-order valence-corrected chi connectivity index (χ3v) is 5.91. The van der Waals surface area contributed by atoms with Crippen LogP contribution >= 0.6 is 11.6 Å². The molecule has 0 atom stereocenters. The van der Waals surface area contributed by atoms with E-state index in [1.165, 1.54) is 0 Å². The summed E-state index contributed by atoms with van der Waals surface area (Å²) in [5.41, 5.74) is 4.94. The van der Waals surface area contributed by atoms with Gasteiger partial charge in [0.1, 0.15) is 10.7 Å². The number of benzene rings is 3. The molecule has 0 saturated carbocycles. The first kappa shape index (κ1) is 22.3. The minimum absolute atomic E-state index is 0.0312. The van der Waals surface area contributed by atoms with Crippen molar-refractivity contribution < 1.29 is 14.4 Å². The van der Waals surface area contributed by atoms with Crippen LogP contribution in [0.2, 0.25) is 0 Å². The van der Waals surface area contributed by atoms with Gasteiger partial charge in [-0.15, -0.1) is 0 Å². The lowest BCUT2D eigenvalue weighted by Gasteiger charge is -2.16. The number of carbonyl (C=O) groups excluding carboxylic acids is 3. The van der Waals surface area contributed by atoms with E-state index < -0.39 is 11.8 Å². The van der Waals surface area contributed by atoms with E-state index in [0.29, 0.717) is 22.6 Å². The lowest BCUT2D eigenvalue weighted by atomic mass is 10.1. The second-order valence-corrected chi connectivity index (χ2v) is 8.26. The molecular formula is C26H22ClN3O3. The Balaban J connectivity index is 1.56. The van der Waals surface area contributed by atoms with Crippen LogP contribution in [-0.2, 0) is 9.59 Å². The molecule has 0 fully saturated rings. The number of para-hydroxylation sites is 1. The topological polar surface area (TPSA) is 78.5 Å². The molecule has 2 N–H and O–H groups in total. The maximum absolute atomic E-state index is 13.0. The molecule has 3 aromatic rings. The molecule has 4 rings (SSSR count). The Labute approximate surface area is 196 Å². The van der Waals surface area contributed by atoms with Gasteiger partial charge >= 0.3 is 0 Å². The van der Waals surface area contributed by atoms with Crippen molar-refractivity contribution in [1.82, 2.24) is 0 Å². The Kier molecular flexibility index (Phi) is 6.03. The molecule has 7 heteroatoms. The summed E-state index contributed by atoms with van der Waals surface area (Å²) in [5, 5.41) is 5.60. The van der Waals surface area contributed by atoms with Gasteiger partial charge in [0.2, 0.25) is 0 Å². The quantitative estimate of drug-likeness (QED) is 0.507. The largest absolute Gasteiger partial charge is 0.350 e. The van der Waals surface area contributed by atoms with E-state index in [9.17, 15) is 14.4 Å². The van der Waals surface area contributed by atoms with Gasteiger partial charge in [0, 0.05) is 16.9 Å². The summed E-state index contributed by atoms with van der Waals surface area (Å²) in [6.45, 7) is 5.77. The standard InChI is InChI=1S/C26H22ClN3O3/c1-15-11-12-20(13-17(15)3)30-25(32)22(27)23(26(30)33)28-19-9-6-8-18(14-19)24(31)29-21-10-5-4-7-16(21)2/h4-14,28H,1-3H3,(H,29,31). The fourth-order valence-electron chi connectivity index (χ4n) is 3.50. The molecule has 1 aliphatic rings. The first-order chi connectivity index (χ1) is 15.8. The highest BCUT2D eigenvalue weighted by molar-refractivity contribution is 6.53. The van der Waals surface area contributed by atoms with Crippen LogP contribution in [0, 0.1) is 20.8 Å². The second-order valence-electron chi connectivity index (χ2n) is 7.88. The Bertz CT molecular complexity index is 1330. The SMILES string of the molecule is Cc1ccc(N2C(=O)C(Cl)=C(Nc3cccc(C(=O)Nc4ccccc4C)c3)C2=O)cc1C. The third kappa shape index (κ3) is 4.38. The maximum Gasteiger partial charge on any atom is 0.283 e. The van der Waals surface area contributed by atoms with Crippen molar-refractivity contribution in [2.24, 2.45) is 0 Å². The van der Waals surface area contributed by atoms with E-state index in [1.54, 1.807) is 36.4 Å². The van der Waals surface area contributed by atoms with Crippen molar-refractivity contribution in [1.29, 1.82) is 0 Å². The van der Waals surface area contributed by atoms with E-state index in [2.05, 4.69) is 10.6 Å². The molecule has 3 aromatic carbocycles. The zero-order chi connectivity index (χ0) is 23.7.